The number of aromatic nitrogens is 1. The third-order valence-corrected chi connectivity index (χ3v) is 6.82. The molecule has 9 heteroatoms. The van der Waals surface area contributed by atoms with Crippen molar-refractivity contribution in [1.29, 1.82) is 0 Å². The number of aryl methyl sites for hydroxylation is 1. The molecule has 3 N–H and O–H groups in total. The van der Waals surface area contributed by atoms with Gasteiger partial charge in [0.25, 0.3) is 0 Å². The summed E-state index contributed by atoms with van der Waals surface area (Å²) in [6, 6.07) is 1.62. The number of pyridine rings is 1. The minimum Gasteiger partial charge on any atom is -0.397 e. The van der Waals surface area contributed by atoms with Crippen LogP contribution in [0.3, 0.4) is 0 Å². The first kappa shape index (κ1) is 15.0. The minimum absolute atomic E-state index is 0.0906. The van der Waals surface area contributed by atoms with E-state index in [2.05, 4.69) is 9.71 Å². The molecule has 0 aromatic carbocycles. The van der Waals surface area contributed by atoms with Crippen molar-refractivity contribution in [3.05, 3.63) is 17.8 Å². The summed E-state index contributed by atoms with van der Waals surface area (Å²) >= 11 is 0. The average Bonchev–Trinajstić information content (AvgIpc) is 2.32. The molecule has 112 valence electrons. The summed E-state index contributed by atoms with van der Waals surface area (Å²) in [4.78, 5) is 3.95. The van der Waals surface area contributed by atoms with Crippen molar-refractivity contribution < 1.29 is 16.8 Å². The lowest BCUT2D eigenvalue weighted by Crippen LogP contribution is -2.36. The Morgan fingerprint density at radius 2 is 1.95 bits per heavy atom. The van der Waals surface area contributed by atoms with Gasteiger partial charge in [-0.1, -0.05) is 0 Å². The van der Waals surface area contributed by atoms with Gasteiger partial charge < -0.3 is 5.73 Å². The van der Waals surface area contributed by atoms with Crippen LogP contribution in [0.5, 0.6) is 0 Å². The molecule has 0 spiro atoms. The van der Waals surface area contributed by atoms with E-state index in [4.69, 9.17) is 5.73 Å². The number of nitrogen functional groups attached to an aromatic ring is 1. The third-order valence-electron chi connectivity index (χ3n) is 3.28. The maximum Gasteiger partial charge on any atom is 0.236 e. The summed E-state index contributed by atoms with van der Waals surface area (Å²) in [5.41, 5.74) is 6.63. The van der Waals surface area contributed by atoms with Gasteiger partial charge in [-0.25, -0.2) is 21.8 Å². The zero-order valence-electron chi connectivity index (χ0n) is 11.0. The first-order valence-corrected chi connectivity index (χ1v) is 9.50. The summed E-state index contributed by atoms with van der Waals surface area (Å²) in [7, 11) is -6.73. The molecule has 1 aliphatic heterocycles. The zero-order valence-corrected chi connectivity index (χ0v) is 12.7. The van der Waals surface area contributed by atoms with E-state index in [1.807, 2.05) is 0 Å². The van der Waals surface area contributed by atoms with Gasteiger partial charge in [0.05, 0.1) is 28.6 Å². The lowest BCUT2D eigenvalue weighted by Gasteiger charge is -2.22. The molecule has 2 heterocycles. The van der Waals surface area contributed by atoms with Crippen LogP contribution in [0.25, 0.3) is 0 Å². The number of nitrogens with two attached hydrogens (primary N) is 1. The van der Waals surface area contributed by atoms with Crippen LogP contribution in [0.15, 0.2) is 12.3 Å². The SMILES string of the molecule is Cc1cc(N)cnc1NS(=O)(=O)C1CCS(=O)(=O)CC1. The Hall–Kier alpha value is -1.35. The second-order valence-corrected chi connectivity index (χ2v) is 9.20. The van der Waals surface area contributed by atoms with Gasteiger partial charge in [0, 0.05) is 0 Å². The van der Waals surface area contributed by atoms with Crippen molar-refractivity contribution in [3.63, 3.8) is 0 Å². The molecule has 0 amide bonds. The maximum absolute atomic E-state index is 12.2. The van der Waals surface area contributed by atoms with Crippen molar-refractivity contribution >= 4 is 31.4 Å². The standard InChI is InChI=1S/C11H17N3O4S2/c1-8-6-9(12)7-13-11(8)14-20(17,18)10-2-4-19(15,16)5-3-10/h6-7,10H,2-5,12H2,1H3,(H,13,14). The van der Waals surface area contributed by atoms with E-state index >= 15 is 0 Å². The normalized spacial score (nSPS) is 19.6. The molecule has 0 radical (unpaired) electrons. The second kappa shape index (κ2) is 5.21. The van der Waals surface area contributed by atoms with E-state index in [-0.39, 0.29) is 30.2 Å². The van der Waals surface area contributed by atoms with E-state index in [0.717, 1.165) is 0 Å². The van der Waals surface area contributed by atoms with Gasteiger partial charge in [0.1, 0.15) is 15.7 Å². The highest BCUT2D eigenvalue weighted by molar-refractivity contribution is 7.94. The first-order chi connectivity index (χ1) is 9.20. The number of hydrogen-bond acceptors (Lipinski definition) is 6. The molecular formula is C11H17N3O4S2. The fourth-order valence-electron chi connectivity index (χ4n) is 2.10. The topological polar surface area (TPSA) is 119 Å². The molecule has 1 aromatic rings. The quantitative estimate of drug-likeness (QED) is 0.826. The van der Waals surface area contributed by atoms with Crippen LogP contribution in [0.1, 0.15) is 18.4 Å². The van der Waals surface area contributed by atoms with Gasteiger partial charge >= 0.3 is 0 Å². The molecule has 7 nitrogen and oxygen atoms in total. The highest BCUT2D eigenvalue weighted by Gasteiger charge is 2.33. The monoisotopic (exact) mass is 319 g/mol. The number of hydrogen-bond donors (Lipinski definition) is 2. The van der Waals surface area contributed by atoms with Crippen LogP contribution in [0.4, 0.5) is 11.5 Å². The molecule has 0 unspecified atom stereocenters. The number of nitrogens with one attached hydrogen (secondary N) is 1. The van der Waals surface area contributed by atoms with Gasteiger partial charge in [-0.3, -0.25) is 4.72 Å². The van der Waals surface area contributed by atoms with Crippen LogP contribution in [0.2, 0.25) is 0 Å². The number of anilines is 2. The highest BCUT2D eigenvalue weighted by atomic mass is 32.2. The molecule has 1 aromatic heterocycles. The van der Waals surface area contributed by atoms with Crippen LogP contribution in [-0.2, 0) is 19.9 Å². The van der Waals surface area contributed by atoms with E-state index < -0.39 is 25.1 Å². The molecule has 0 aliphatic carbocycles. The van der Waals surface area contributed by atoms with Crippen molar-refractivity contribution in [1.82, 2.24) is 4.98 Å². The van der Waals surface area contributed by atoms with Crippen molar-refractivity contribution in [2.45, 2.75) is 25.0 Å². The largest absolute Gasteiger partial charge is 0.397 e. The van der Waals surface area contributed by atoms with Crippen LogP contribution < -0.4 is 10.5 Å². The number of nitrogens with zero attached hydrogens (tertiary/aromatic N) is 1. The highest BCUT2D eigenvalue weighted by Crippen LogP contribution is 2.23. The van der Waals surface area contributed by atoms with Crippen LogP contribution in [0, 0.1) is 6.92 Å². The Labute approximate surface area is 118 Å². The van der Waals surface area contributed by atoms with Gasteiger partial charge in [0.15, 0.2) is 0 Å². The van der Waals surface area contributed by atoms with E-state index in [9.17, 15) is 16.8 Å². The predicted molar refractivity (Wildman–Crippen MR) is 77.6 cm³/mol. The fraction of sp³-hybridized carbons (Fsp3) is 0.545. The zero-order chi connectivity index (χ0) is 15.0. The smallest absolute Gasteiger partial charge is 0.236 e. The lowest BCUT2D eigenvalue weighted by molar-refractivity contribution is 0.555. The third kappa shape index (κ3) is 3.40. The first-order valence-electron chi connectivity index (χ1n) is 6.14. The van der Waals surface area contributed by atoms with E-state index in [1.54, 1.807) is 13.0 Å². The number of rotatable bonds is 3. The summed E-state index contributed by atoms with van der Waals surface area (Å²) in [6.07, 6.45) is 1.60. The molecule has 2 rings (SSSR count). The molecule has 0 saturated carbocycles. The Morgan fingerprint density at radius 3 is 2.50 bits per heavy atom. The van der Waals surface area contributed by atoms with Gasteiger partial charge in [0.2, 0.25) is 10.0 Å². The Morgan fingerprint density at radius 1 is 1.35 bits per heavy atom. The Balaban J connectivity index is 2.16. The molecular weight excluding hydrogens is 302 g/mol. The average molecular weight is 319 g/mol. The van der Waals surface area contributed by atoms with E-state index in [1.165, 1.54) is 6.20 Å². The van der Waals surface area contributed by atoms with E-state index in [0.29, 0.717) is 11.3 Å². The number of sulfone groups is 1. The summed E-state index contributed by atoms with van der Waals surface area (Å²) in [6.45, 7) is 1.70. The van der Waals surface area contributed by atoms with Gasteiger partial charge in [-0.05, 0) is 31.4 Å². The summed E-state index contributed by atoms with van der Waals surface area (Å²) < 4.78 is 49.5. The van der Waals surface area contributed by atoms with Crippen molar-refractivity contribution in [2.75, 3.05) is 22.0 Å². The molecule has 20 heavy (non-hydrogen) atoms. The Kier molecular flexibility index (Phi) is 3.92. The summed E-state index contributed by atoms with van der Waals surface area (Å²) in [5, 5.41) is -0.704. The molecule has 1 aliphatic rings. The molecule has 0 atom stereocenters. The van der Waals surface area contributed by atoms with Crippen molar-refractivity contribution in [2.24, 2.45) is 0 Å². The van der Waals surface area contributed by atoms with Gasteiger partial charge in [-0.15, -0.1) is 0 Å². The van der Waals surface area contributed by atoms with Crippen LogP contribution in [-0.4, -0.2) is 38.6 Å². The predicted octanol–water partition coefficient (Wildman–Crippen LogP) is 0.291. The molecule has 1 fully saturated rings. The molecule has 0 bridgehead atoms. The lowest BCUT2D eigenvalue weighted by atomic mass is 10.2. The minimum atomic E-state index is -3.64. The second-order valence-electron chi connectivity index (χ2n) is 4.93. The van der Waals surface area contributed by atoms with Gasteiger partial charge in [-0.2, -0.15) is 0 Å². The Bertz CT molecular complexity index is 699. The fourth-order valence-corrected chi connectivity index (χ4v) is 5.40. The molecule has 1 saturated heterocycles. The van der Waals surface area contributed by atoms with Crippen molar-refractivity contribution in [3.8, 4) is 0 Å². The van der Waals surface area contributed by atoms with Crippen LogP contribution >= 0.6 is 0 Å². The summed E-state index contributed by atoms with van der Waals surface area (Å²) in [5.74, 6) is 0.0482. The maximum atomic E-state index is 12.2. The number of sulfonamides is 1.